The molecule has 4 heteroatoms. The van der Waals surface area contributed by atoms with Gasteiger partial charge < -0.3 is 10.1 Å². The first-order valence-corrected chi connectivity index (χ1v) is 9.45. The van der Waals surface area contributed by atoms with Crippen molar-refractivity contribution in [3.63, 3.8) is 0 Å². The number of nitrogens with zero attached hydrogens (tertiary/aromatic N) is 3. The second-order valence-electron chi connectivity index (χ2n) is 6.46. The third kappa shape index (κ3) is 5.38. The molecule has 2 aromatic heterocycles. The van der Waals surface area contributed by atoms with Gasteiger partial charge in [-0.25, -0.2) is 4.98 Å². The number of hydrogen-bond acceptors (Lipinski definition) is 3. The van der Waals surface area contributed by atoms with Gasteiger partial charge in [0.2, 0.25) is 0 Å². The van der Waals surface area contributed by atoms with Gasteiger partial charge in [0.15, 0.2) is 0 Å². The zero-order chi connectivity index (χ0) is 19.6. The van der Waals surface area contributed by atoms with E-state index in [1.54, 1.807) is 0 Å². The maximum absolute atomic E-state index is 5.68. The molecule has 0 spiro atoms. The summed E-state index contributed by atoms with van der Waals surface area (Å²) in [5.41, 5.74) is 12.4. The van der Waals surface area contributed by atoms with Gasteiger partial charge in [-0.05, 0) is 60.1 Å². The molecule has 0 unspecified atom stereocenters. The quantitative estimate of drug-likeness (QED) is 0.488. The van der Waals surface area contributed by atoms with Crippen molar-refractivity contribution in [2.24, 2.45) is 10.7 Å². The van der Waals surface area contributed by atoms with Crippen LogP contribution >= 0.6 is 0 Å². The van der Waals surface area contributed by atoms with E-state index in [1.807, 2.05) is 36.8 Å². The Kier molecular flexibility index (Phi) is 7.96. The number of aliphatic imine (C=N–C) groups is 1. The fraction of sp³-hybridized carbons (Fsp3) is 0.304. The normalized spacial score (nSPS) is 11.9. The van der Waals surface area contributed by atoms with Crippen molar-refractivity contribution in [3.8, 4) is 0 Å². The van der Waals surface area contributed by atoms with Crippen molar-refractivity contribution in [1.29, 1.82) is 0 Å². The first kappa shape index (κ1) is 20.6. The van der Waals surface area contributed by atoms with E-state index in [0.717, 1.165) is 42.6 Å². The molecule has 0 radical (unpaired) electrons. The highest BCUT2D eigenvalue weighted by Gasteiger charge is 2.09. The Bertz CT molecular complexity index is 871. The maximum Gasteiger partial charge on any atom is 0.139 e. The number of allylic oxidation sites excluding steroid dienone is 5. The topological polar surface area (TPSA) is 55.7 Å². The van der Waals surface area contributed by atoms with Crippen molar-refractivity contribution >= 4 is 17.4 Å². The molecule has 2 rings (SSSR count). The van der Waals surface area contributed by atoms with E-state index in [0.29, 0.717) is 6.54 Å². The first-order valence-electron chi connectivity index (χ1n) is 9.45. The third-order valence-electron chi connectivity index (χ3n) is 4.52. The molecule has 0 fully saturated rings. The van der Waals surface area contributed by atoms with Crippen molar-refractivity contribution < 1.29 is 0 Å². The largest absolute Gasteiger partial charge is 0.327 e. The fourth-order valence-electron chi connectivity index (χ4n) is 3.00. The van der Waals surface area contributed by atoms with Crippen LogP contribution in [0.4, 0.5) is 0 Å². The van der Waals surface area contributed by atoms with E-state index in [-0.39, 0.29) is 0 Å². The first-order chi connectivity index (χ1) is 13.1. The van der Waals surface area contributed by atoms with Crippen LogP contribution in [0.3, 0.4) is 0 Å². The fourth-order valence-corrected chi connectivity index (χ4v) is 3.00. The molecule has 0 atom stereocenters. The zero-order valence-corrected chi connectivity index (χ0v) is 16.5. The smallest absolute Gasteiger partial charge is 0.139 e. The summed E-state index contributed by atoms with van der Waals surface area (Å²) in [6.07, 6.45) is 16.4. The van der Waals surface area contributed by atoms with Crippen LogP contribution in [0.5, 0.6) is 0 Å². The van der Waals surface area contributed by atoms with Crippen LogP contribution in [-0.2, 0) is 6.42 Å². The summed E-state index contributed by atoms with van der Waals surface area (Å²) < 4.78 is 2.08. The monoisotopic (exact) mass is 362 g/mol. The maximum atomic E-state index is 5.68. The van der Waals surface area contributed by atoms with E-state index in [9.17, 15) is 0 Å². The van der Waals surface area contributed by atoms with Crippen LogP contribution < -0.4 is 5.73 Å². The molecule has 0 aliphatic rings. The summed E-state index contributed by atoms with van der Waals surface area (Å²) in [7, 11) is 0. The highest BCUT2D eigenvalue weighted by atomic mass is 15.0. The van der Waals surface area contributed by atoms with Gasteiger partial charge in [0.1, 0.15) is 5.65 Å². The van der Waals surface area contributed by atoms with Crippen molar-refractivity contribution in [1.82, 2.24) is 9.38 Å². The number of rotatable bonds is 10. The lowest BCUT2D eigenvalue weighted by Crippen LogP contribution is -2.00. The highest BCUT2D eigenvalue weighted by molar-refractivity contribution is 5.81. The minimum absolute atomic E-state index is 0.534. The standard InChI is InChI=1S/C23H30N4/c1-5-12-25-16-21(19(6-2)7-3)9-8-20-15-22(18(4)10-11-24)17-27-14-13-26-23(20)27/h6-7,10,13-17H,2-3,5,8-9,11-12,24H2,1,4H3/b18-10+,25-16-. The molecule has 142 valence electrons. The predicted octanol–water partition coefficient (Wildman–Crippen LogP) is 4.78. The summed E-state index contributed by atoms with van der Waals surface area (Å²) in [6, 6.07) is 2.21. The average molecular weight is 363 g/mol. The summed E-state index contributed by atoms with van der Waals surface area (Å²) in [4.78, 5) is 9.05. The second kappa shape index (κ2) is 10.4. The minimum Gasteiger partial charge on any atom is -0.327 e. The summed E-state index contributed by atoms with van der Waals surface area (Å²) in [6.45, 7) is 13.4. The molecule has 2 aromatic rings. The third-order valence-corrected chi connectivity index (χ3v) is 4.52. The van der Waals surface area contributed by atoms with E-state index in [2.05, 4.69) is 53.6 Å². The average Bonchev–Trinajstić information content (AvgIpc) is 3.15. The molecule has 0 aromatic carbocycles. The van der Waals surface area contributed by atoms with Gasteiger partial charge in [0, 0.05) is 37.9 Å². The van der Waals surface area contributed by atoms with Crippen LogP contribution in [0.15, 0.2) is 72.2 Å². The Morgan fingerprint density at radius 3 is 2.78 bits per heavy atom. The Labute approximate surface area is 162 Å². The van der Waals surface area contributed by atoms with Crippen LogP contribution in [0.2, 0.25) is 0 Å². The molecular formula is C23H30N4. The number of nitrogens with two attached hydrogens (primary N) is 1. The van der Waals surface area contributed by atoms with E-state index >= 15 is 0 Å². The minimum atomic E-state index is 0.534. The highest BCUT2D eigenvalue weighted by Crippen LogP contribution is 2.22. The molecule has 2 heterocycles. The van der Waals surface area contributed by atoms with Gasteiger partial charge in [-0.2, -0.15) is 0 Å². The van der Waals surface area contributed by atoms with Gasteiger partial charge in [0.05, 0.1) is 0 Å². The SMILES string of the molecule is C=CC(C=C)=C(/C=N\CCC)CCc1cc(/C(C)=C/CN)cn2ccnc12. The van der Waals surface area contributed by atoms with Crippen molar-refractivity contribution in [3.05, 3.63) is 78.3 Å². The number of imidazole rings is 1. The second-order valence-corrected chi connectivity index (χ2v) is 6.46. The lowest BCUT2D eigenvalue weighted by molar-refractivity contribution is 0.926. The van der Waals surface area contributed by atoms with Gasteiger partial charge in [0.25, 0.3) is 0 Å². The summed E-state index contributed by atoms with van der Waals surface area (Å²) in [5.74, 6) is 0. The Morgan fingerprint density at radius 2 is 2.11 bits per heavy atom. The summed E-state index contributed by atoms with van der Waals surface area (Å²) >= 11 is 0. The molecule has 4 nitrogen and oxygen atoms in total. The Morgan fingerprint density at radius 1 is 1.33 bits per heavy atom. The van der Waals surface area contributed by atoms with Gasteiger partial charge in [-0.15, -0.1) is 0 Å². The number of aryl methyl sites for hydroxylation is 1. The number of hydrogen-bond donors (Lipinski definition) is 1. The predicted molar refractivity (Wildman–Crippen MR) is 117 cm³/mol. The molecule has 0 saturated heterocycles. The molecule has 0 aliphatic heterocycles. The number of pyridine rings is 1. The Hall–Kier alpha value is -2.72. The van der Waals surface area contributed by atoms with Crippen molar-refractivity contribution in [2.75, 3.05) is 13.1 Å². The van der Waals surface area contributed by atoms with Crippen molar-refractivity contribution in [2.45, 2.75) is 33.1 Å². The Balaban J connectivity index is 2.37. The number of fused-ring (bicyclic) bond motifs is 1. The van der Waals surface area contributed by atoms with E-state index < -0.39 is 0 Å². The lowest BCUT2D eigenvalue weighted by Gasteiger charge is -2.11. The van der Waals surface area contributed by atoms with Crippen LogP contribution in [-0.4, -0.2) is 28.7 Å². The van der Waals surface area contributed by atoms with Crippen LogP contribution in [0.1, 0.15) is 37.8 Å². The van der Waals surface area contributed by atoms with Crippen LogP contribution in [0, 0.1) is 0 Å². The van der Waals surface area contributed by atoms with Gasteiger partial charge >= 0.3 is 0 Å². The summed E-state index contributed by atoms with van der Waals surface area (Å²) in [5, 5.41) is 0. The molecule has 27 heavy (non-hydrogen) atoms. The van der Waals surface area contributed by atoms with E-state index in [4.69, 9.17) is 5.73 Å². The molecule has 0 bridgehead atoms. The van der Waals surface area contributed by atoms with Gasteiger partial charge in [-0.1, -0.05) is 38.3 Å². The molecular weight excluding hydrogens is 332 g/mol. The van der Waals surface area contributed by atoms with E-state index in [1.165, 1.54) is 16.7 Å². The molecule has 0 saturated carbocycles. The number of aromatic nitrogens is 2. The molecule has 0 amide bonds. The van der Waals surface area contributed by atoms with Gasteiger partial charge in [-0.3, -0.25) is 4.99 Å². The molecule has 0 aliphatic carbocycles. The zero-order valence-electron chi connectivity index (χ0n) is 16.5. The molecule has 2 N–H and O–H groups in total. The lowest BCUT2D eigenvalue weighted by atomic mass is 9.99. The van der Waals surface area contributed by atoms with Crippen LogP contribution in [0.25, 0.3) is 11.2 Å².